The van der Waals surface area contributed by atoms with Crippen molar-refractivity contribution in [3.63, 3.8) is 0 Å². The molecular formula is C26H33F2N3O7. The van der Waals surface area contributed by atoms with Crippen LogP contribution in [-0.4, -0.2) is 36.8 Å². The van der Waals surface area contributed by atoms with E-state index in [9.17, 15) is 18.4 Å². The van der Waals surface area contributed by atoms with Gasteiger partial charge in [-0.1, -0.05) is 20.8 Å². The third kappa shape index (κ3) is 8.04. The van der Waals surface area contributed by atoms with Gasteiger partial charge < -0.3 is 24.4 Å². The van der Waals surface area contributed by atoms with E-state index < -0.39 is 24.7 Å². The second kappa shape index (κ2) is 11.5. The molecule has 1 unspecified atom stereocenters. The number of alkyl halides is 2. The highest BCUT2D eigenvalue weighted by molar-refractivity contribution is 5.93. The number of hydrogen-bond acceptors (Lipinski definition) is 8. The Hall–Kier alpha value is -3.41. The number of halogens is 2. The lowest BCUT2D eigenvalue weighted by Crippen LogP contribution is -2.28. The van der Waals surface area contributed by atoms with Crippen LogP contribution in [0.5, 0.6) is 11.5 Å². The minimum absolute atomic E-state index is 0.0146. The summed E-state index contributed by atoms with van der Waals surface area (Å²) in [4.78, 5) is 34.4. The normalized spacial score (nSPS) is 16.3. The van der Waals surface area contributed by atoms with Gasteiger partial charge in [0.1, 0.15) is 0 Å². The number of oxazole rings is 1. The highest BCUT2D eigenvalue weighted by Gasteiger charge is 2.33. The molecule has 208 valence electrons. The fourth-order valence-electron chi connectivity index (χ4n) is 3.72. The van der Waals surface area contributed by atoms with E-state index in [0.29, 0.717) is 30.6 Å². The first-order valence-electron chi connectivity index (χ1n) is 12.6. The zero-order valence-electron chi connectivity index (χ0n) is 21.6. The molecule has 2 saturated carbocycles. The molecule has 0 radical (unpaired) electrons. The smallest absolute Gasteiger partial charge is 0.405 e. The maximum absolute atomic E-state index is 13.0. The molecule has 0 saturated heterocycles. The zero-order chi connectivity index (χ0) is 27.4. The molecule has 3 N–H and O–H groups in total. The Kier molecular flexibility index (Phi) is 8.39. The molecule has 0 aliphatic heterocycles. The van der Waals surface area contributed by atoms with E-state index in [1.54, 1.807) is 0 Å². The van der Waals surface area contributed by atoms with Gasteiger partial charge >= 0.3 is 12.7 Å². The van der Waals surface area contributed by atoms with Gasteiger partial charge in [0.2, 0.25) is 5.89 Å². The Morgan fingerprint density at radius 2 is 1.82 bits per heavy atom. The SMILES string of the molecule is CC(C)(C)CC(OC(N)=O)c1oc(-c2ccc(OC(F)F)c(OCC3CC3)c2)nc1C(=O)NOCC1CC1. The number of nitrogens with zero attached hydrogens (tertiary/aromatic N) is 1. The lowest BCUT2D eigenvalue weighted by atomic mass is 9.88. The first kappa shape index (κ1) is 27.6. The van der Waals surface area contributed by atoms with E-state index in [4.69, 9.17) is 24.5 Å². The van der Waals surface area contributed by atoms with E-state index in [1.165, 1.54) is 18.2 Å². The van der Waals surface area contributed by atoms with Crippen molar-refractivity contribution < 1.29 is 41.8 Å². The quantitative estimate of drug-likeness (QED) is 0.325. The van der Waals surface area contributed by atoms with Crippen molar-refractivity contribution in [3.05, 3.63) is 29.7 Å². The number of hydrogen-bond donors (Lipinski definition) is 2. The lowest BCUT2D eigenvalue weighted by molar-refractivity contribution is -0.0515. The summed E-state index contributed by atoms with van der Waals surface area (Å²) < 4.78 is 47.5. The standard InChI is InChI=1S/C26H33F2N3O7/c1-26(2,3)11-19(37-25(29)33)21-20(22(32)31-35-13-15-6-7-15)30-23(38-21)16-8-9-17(36-24(27)28)18(10-16)34-12-14-4-5-14/h8-10,14-15,19,24H,4-7,11-13H2,1-3H3,(H2,29,33)(H,31,32). The number of nitrogens with one attached hydrogen (secondary N) is 1. The maximum atomic E-state index is 13.0. The molecule has 12 heteroatoms. The fraction of sp³-hybridized carbons (Fsp3) is 0.577. The van der Waals surface area contributed by atoms with Gasteiger partial charge in [0.15, 0.2) is 29.1 Å². The number of primary amides is 1. The molecule has 4 rings (SSSR count). The number of rotatable bonds is 13. The number of ether oxygens (including phenoxy) is 3. The van der Waals surface area contributed by atoms with Crippen molar-refractivity contribution in [2.75, 3.05) is 13.2 Å². The van der Waals surface area contributed by atoms with E-state index in [1.807, 2.05) is 20.8 Å². The molecule has 38 heavy (non-hydrogen) atoms. The molecule has 0 spiro atoms. The number of amides is 2. The van der Waals surface area contributed by atoms with Gasteiger partial charge in [0, 0.05) is 5.56 Å². The molecule has 2 aliphatic rings. The summed E-state index contributed by atoms with van der Waals surface area (Å²) >= 11 is 0. The average molecular weight is 538 g/mol. The van der Waals surface area contributed by atoms with Gasteiger partial charge in [-0.25, -0.2) is 15.3 Å². The van der Waals surface area contributed by atoms with Crippen molar-refractivity contribution in [1.82, 2.24) is 10.5 Å². The minimum Gasteiger partial charge on any atom is -0.489 e. The van der Waals surface area contributed by atoms with E-state index in [2.05, 4.69) is 15.2 Å². The lowest BCUT2D eigenvalue weighted by Gasteiger charge is -2.24. The van der Waals surface area contributed by atoms with Crippen LogP contribution in [0.3, 0.4) is 0 Å². The Bertz CT molecular complexity index is 1140. The first-order valence-corrected chi connectivity index (χ1v) is 12.6. The summed E-state index contributed by atoms with van der Waals surface area (Å²) in [5.74, 6) is -0.00336. The summed E-state index contributed by atoms with van der Waals surface area (Å²) in [6.07, 6.45) is 2.28. The largest absolute Gasteiger partial charge is 0.489 e. The average Bonchev–Trinajstić information content (AvgIpc) is 3.75. The number of carbonyl (C=O) groups is 2. The summed E-state index contributed by atoms with van der Waals surface area (Å²) in [6.45, 7) is 3.45. The molecule has 2 aliphatic carbocycles. The second-order valence-electron chi connectivity index (χ2n) is 10.9. The molecule has 2 aromatic rings. The van der Waals surface area contributed by atoms with Crippen LogP contribution in [0.25, 0.3) is 11.5 Å². The summed E-state index contributed by atoms with van der Waals surface area (Å²) in [5, 5.41) is 0. The zero-order valence-corrected chi connectivity index (χ0v) is 21.6. The van der Waals surface area contributed by atoms with Gasteiger partial charge in [-0.2, -0.15) is 8.78 Å². The van der Waals surface area contributed by atoms with E-state index in [0.717, 1.165) is 25.7 Å². The summed E-state index contributed by atoms with van der Waals surface area (Å²) in [5.41, 5.74) is 7.52. The van der Waals surface area contributed by atoms with Gasteiger partial charge in [-0.15, -0.1) is 0 Å². The van der Waals surface area contributed by atoms with Crippen LogP contribution in [0.2, 0.25) is 0 Å². The van der Waals surface area contributed by atoms with Crippen LogP contribution in [0.1, 0.15) is 75.2 Å². The number of aromatic nitrogens is 1. The number of nitrogens with two attached hydrogens (primary N) is 1. The topological polar surface area (TPSA) is 135 Å². The van der Waals surface area contributed by atoms with E-state index >= 15 is 0 Å². The van der Waals surface area contributed by atoms with Gasteiger partial charge in [0.05, 0.1) is 13.2 Å². The highest BCUT2D eigenvalue weighted by Crippen LogP contribution is 2.39. The van der Waals surface area contributed by atoms with Crippen LogP contribution in [-0.2, 0) is 9.57 Å². The number of hydroxylamine groups is 1. The first-order chi connectivity index (χ1) is 18.0. The van der Waals surface area contributed by atoms with Gasteiger partial charge in [-0.05, 0) is 67.6 Å². The van der Waals surface area contributed by atoms with Gasteiger partial charge in [-0.3, -0.25) is 9.63 Å². The fourth-order valence-corrected chi connectivity index (χ4v) is 3.72. The van der Waals surface area contributed by atoms with Crippen LogP contribution in [0.15, 0.2) is 22.6 Å². The third-order valence-electron chi connectivity index (χ3n) is 5.98. The van der Waals surface area contributed by atoms with Crippen LogP contribution in [0, 0.1) is 17.3 Å². The second-order valence-corrected chi connectivity index (χ2v) is 10.9. The highest BCUT2D eigenvalue weighted by atomic mass is 19.3. The summed E-state index contributed by atoms with van der Waals surface area (Å²) in [6, 6.07) is 4.23. The molecule has 1 aromatic carbocycles. The van der Waals surface area contributed by atoms with Gasteiger partial charge in [0.25, 0.3) is 5.91 Å². The predicted molar refractivity (Wildman–Crippen MR) is 130 cm³/mol. The molecular weight excluding hydrogens is 504 g/mol. The molecule has 0 bridgehead atoms. The molecule has 2 fully saturated rings. The van der Waals surface area contributed by atoms with Crippen LogP contribution >= 0.6 is 0 Å². The molecule has 1 aromatic heterocycles. The monoisotopic (exact) mass is 537 g/mol. The van der Waals surface area contributed by atoms with Crippen molar-refractivity contribution in [2.45, 2.75) is 65.6 Å². The molecule has 2 amide bonds. The Morgan fingerprint density at radius 1 is 1.13 bits per heavy atom. The van der Waals surface area contributed by atoms with Crippen LogP contribution in [0.4, 0.5) is 13.6 Å². The Morgan fingerprint density at radius 3 is 2.42 bits per heavy atom. The summed E-state index contributed by atoms with van der Waals surface area (Å²) in [7, 11) is 0. The van der Waals surface area contributed by atoms with Crippen LogP contribution < -0.4 is 20.7 Å². The van der Waals surface area contributed by atoms with Crippen molar-refractivity contribution in [3.8, 4) is 23.0 Å². The molecule has 10 nitrogen and oxygen atoms in total. The Labute approximate surface area is 219 Å². The maximum Gasteiger partial charge on any atom is 0.405 e. The minimum atomic E-state index is -3.03. The van der Waals surface area contributed by atoms with E-state index in [-0.39, 0.29) is 40.7 Å². The number of carbonyl (C=O) groups excluding carboxylic acids is 2. The Balaban J connectivity index is 1.68. The van der Waals surface area contributed by atoms with Crippen molar-refractivity contribution >= 4 is 12.0 Å². The van der Waals surface area contributed by atoms with Crippen molar-refractivity contribution in [1.29, 1.82) is 0 Å². The molecule has 1 atom stereocenters. The van der Waals surface area contributed by atoms with Crippen molar-refractivity contribution in [2.24, 2.45) is 23.0 Å². The third-order valence-corrected chi connectivity index (χ3v) is 5.98. The number of benzene rings is 1. The molecule has 1 heterocycles. The predicted octanol–water partition coefficient (Wildman–Crippen LogP) is 5.38.